The summed E-state index contributed by atoms with van der Waals surface area (Å²) in [5.41, 5.74) is 1.64. The molecule has 1 aliphatic heterocycles. The summed E-state index contributed by atoms with van der Waals surface area (Å²) >= 11 is 0. The normalized spacial score (nSPS) is 22.5. The van der Waals surface area contributed by atoms with Gasteiger partial charge in [0.2, 0.25) is 5.91 Å². The first-order chi connectivity index (χ1) is 16.0. The van der Waals surface area contributed by atoms with Crippen molar-refractivity contribution in [2.24, 2.45) is 0 Å². The van der Waals surface area contributed by atoms with Gasteiger partial charge in [0.05, 0.1) is 0 Å². The average Bonchev–Trinajstić information content (AvgIpc) is 3.32. The van der Waals surface area contributed by atoms with Gasteiger partial charge in [-0.3, -0.25) is 14.5 Å². The molecular formula is C26H28FN3O3. The van der Waals surface area contributed by atoms with Gasteiger partial charge < -0.3 is 10.2 Å². The monoisotopic (exact) mass is 449 g/mol. The van der Waals surface area contributed by atoms with Crippen LogP contribution in [0.5, 0.6) is 0 Å². The first-order valence-electron chi connectivity index (χ1n) is 11.7. The second-order valence-corrected chi connectivity index (χ2v) is 9.32. The summed E-state index contributed by atoms with van der Waals surface area (Å²) in [6.45, 7) is 0.0493. The van der Waals surface area contributed by atoms with Gasteiger partial charge in [0.25, 0.3) is 5.91 Å². The van der Waals surface area contributed by atoms with Crippen LogP contribution in [-0.2, 0) is 28.1 Å². The van der Waals surface area contributed by atoms with Gasteiger partial charge in [0.1, 0.15) is 17.9 Å². The number of carbonyl (C=O) groups is 3. The van der Waals surface area contributed by atoms with E-state index < -0.39 is 11.6 Å². The molecule has 2 aromatic rings. The topological polar surface area (TPSA) is 69.7 Å². The van der Waals surface area contributed by atoms with Crippen LogP contribution in [0.4, 0.5) is 9.18 Å². The summed E-state index contributed by atoms with van der Waals surface area (Å²) < 4.78 is 13.4. The predicted octanol–water partition coefficient (Wildman–Crippen LogP) is 3.88. The first kappa shape index (κ1) is 21.6. The van der Waals surface area contributed by atoms with E-state index in [1.165, 1.54) is 12.1 Å². The molecule has 1 saturated heterocycles. The zero-order valence-electron chi connectivity index (χ0n) is 18.6. The molecule has 2 fully saturated rings. The number of imide groups is 1. The Morgan fingerprint density at radius 1 is 1.06 bits per heavy atom. The molecule has 1 atom stereocenters. The smallest absolute Gasteiger partial charge is 0.325 e. The van der Waals surface area contributed by atoms with Crippen LogP contribution in [0.25, 0.3) is 0 Å². The quantitative estimate of drug-likeness (QED) is 0.705. The number of halogens is 1. The Kier molecular flexibility index (Phi) is 5.64. The molecule has 0 radical (unpaired) electrons. The van der Waals surface area contributed by atoms with Crippen LogP contribution in [0.3, 0.4) is 0 Å². The summed E-state index contributed by atoms with van der Waals surface area (Å²) in [6.07, 6.45) is 6.23. The molecule has 6 nitrogen and oxygen atoms in total. The third kappa shape index (κ3) is 3.90. The standard InChI is InChI=1S/C26H28FN3O3/c27-20-12-10-18(11-13-20)16-29(21-7-2-1-3-8-21)23(31)17-30-24(32)26(28-25(30)33)15-14-19-6-4-5-9-22(19)26/h4-6,9-13,21H,1-3,7-8,14-17H2,(H,28,33)/t26-/m0/s1. The molecule has 2 aromatic carbocycles. The average molecular weight is 450 g/mol. The van der Waals surface area contributed by atoms with Crippen molar-refractivity contribution in [1.82, 2.24) is 15.1 Å². The number of nitrogens with one attached hydrogen (secondary N) is 1. The van der Waals surface area contributed by atoms with E-state index in [1.54, 1.807) is 17.0 Å². The number of hydrogen-bond donors (Lipinski definition) is 1. The number of nitrogens with zero attached hydrogens (tertiary/aromatic N) is 2. The maximum absolute atomic E-state index is 13.5. The van der Waals surface area contributed by atoms with E-state index in [-0.39, 0.29) is 30.2 Å². The number of fused-ring (bicyclic) bond motifs is 2. The molecule has 33 heavy (non-hydrogen) atoms. The summed E-state index contributed by atoms with van der Waals surface area (Å²) in [4.78, 5) is 42.7. The molecule has 1 spiro atoms. The van der Waals surface area contributed by atoms with E-state index in [2.05, 4.69) is 5.32 Å². The minimum atomic E-state index is -1.07. The van der Waals surface area contributed by atoms with Crippen molar-refractivity contribution in [3.63, 3.8) is 0 Å². The molecule has 3 aliphatic rings. The summed E-state index contributed by atoms with van der Waals surface area (Å²) in [5, 5.41) is 2.89. The van der Waals surface area contributed by atoms with Crippen LogP contribution in [0.2, 0.25) is 0 Å². The van der Waals surface area contributed by atoms with Gasteiger partial charge in [-0.15, -0.1) is 0 Å². The SMILES string of the molecule is O=C1N[C@]2(CCc3ccccc32)C(=O)N1CC(=O)N(Cc1ccc(F)cc1)C1CCCCC1. The second kappa shape index (κ2) is 8.61. The highest BCUT2D eigenvalue weighted by molar-refractivity contribution is 6.09. The number of benzene rings is 2. The lowest BCUT2D eigenvalue weighted by Crippen LogP contribution is -2.48. The van der Waals surface area contributed by atoms with Gasteiger partial charge in [-0.05, 0) is 54.5 Å². The van der Waals surface area contributed by atoms with Crippen molar-refractivity contribution in [3.8, 4) is 0 Å². The molecule has 1 heterocycles. The Labute approximate surface area is 192 Å². The zero-order valence-corrected chi connectivity index (χ0v) is 18.6. The predicted molar refractivity (Wildman–Crippen MR) is 121 cm³/mol. The molecule has 1 saturated carbocycles. The molecule has 0 aromatic heterocycles. The fourth-order valence-corrected chi connectivity index (χ4v) is 5.56. The maximum Gasteiger partial charge on any atom is 0.325 e. The maximum atomic E-state index is 13.5. The Balaban J connectivity index is 1.37. The molecule has 172 valence electrons. The molecular weight excluding hydrogens is 421 g/mol. The van der Waals surface area contributed by atoms with Gasteiger partial charge in [0.15, 0.2) is 0 Å². The van der Waals surface area contributed by atoms with E-state index >= 15 is 0 Å². The van der Waals surface area contributed by atoms with Crippen LogP contribution in [0, 0.1) is 5.82 Å². The van der Waals surface area contributed by atoms with Gasteiger partial charge in [-0.1, -0.05) is 55.7 Å². The van der Waals surface area contributed by atoms with Crippen molar-refractivity contribution in [2.45, 2.75) is 63.1 Å². The molecule has 7 heteroatoms. The lowest BCUT2D eigenvalue weighted by Gasteiger charge is -2.35. The Hall–Kier alpha value is -3.22. The van der Waals surface area contributed by atoms with Crippen molar-refractivity contribution in [3.05, 3.63) is 71.0 Å². The lowest BCUT2D eigenvalue weighted by atomic mass is 9.92. The molecule has 2 aliphatic carbocycles. The van der Waals surface area contributed by atoms with E-state index in [4.69, 9.17) is 0 Å². The zero-order chi connectivity index (χ0) is 23.0. The van der Waals surface area contributed by atoms with Gasteiger partial charge in [-0.25, -0.2) is 9.18 Å². The van der Waals surface area contributed by atoms with Crippen molar-refractivity contribution >= 4 is 17.8 Å². The summed E-state index contributed by atoms with van der Waals surface area (Å²) in [6, 6.07) is 13.3. The van der Waals surface area contributed by atoms with Crippen LogP contribution in [-0.4, -0.2) is 40.2 Å². The molecule has 1 N–H and O–H groups in total. The van der Waals surface area contributed by atoms with Crippen LogP contribution < -0.4 is 5.32 Å². The third-order valence-corrected chi connectivity index (χ3v) is 7.32. The molecule has 0 unspecified atom stereocenters. The van der Waals surface area contributed by atoms with Crippen LogP contribution >= 0.6 is 0 Å². The number of hydrogen-bond acceptors (Lipinski definition) is 3. The second-order valence-electron chi connectivity index (χ2n) is 9.32. The fourth-order valence-electron chi connectivity index (χ4n) is 5.56. The van der Waals surface area contributed by atoms with Gasteiger partial charge in [-0.2, -0.15) is 0 Å². The number of urea groups is 1. The van der Waals surface area contributed by atoms with E-state index in [0.29, 0.717) is 19.4 Å². The molecule has 0 bridgehead atoms. The number of aryl methyl sites for hydroxylation is 1. The first-order valence-corrected chi connectivity index (χ1v) is 11.7. The number of carbonyl (C=O) groups excluding carboxylic acids is 3. The van der Waals surface area contributed by atoms with E-state index in [0.717, 1.165) is 53.7 Å². The Bertz CT molecular complexity index is 1080. The van der Waals surface area contributed by atoms with Crippen LogP contribution in [0.1, 0.15) is 55.2 Å². The third-order valence-electron chi connectivity index (χ3n) is 7.32. The highest BCUT2D eigenvalue weighted by atomic mass is 19.1. The molecule has 5 rings (SSSR count). The van der Waals surface area contributed by atoms with Crippen molar-refractivity contribution in [2.75, 3.05) is 6.54 Å². The number of amides is 4. The van der Waals surface area contributed by atoms with Crippen LogP contribution in [0.15, 0.2) is 48.5 Å². The largest absolute Gasteiger partial charge is 0.334 e. The fraction of sp³-hybridized carbons (Fsp3) is 0.423. The Morgan fingerprint density at radius 3 is 2.55 bits per heavy atom. The highest BCUT2D eigenvalue weighted by Gasteiger charge is 2.55. The minimum absolute atomic E-state index is 0.0539. The van der Waals surface area contributed by atoms with E-state index in [1.807, 2.05) is 24.3 Å². The van der Waals surface area contributed by atoms with Crippen molar-refractivity contribution in [1.29, 1.82) is 0 Å². The highest BCUT2D eigenvalue weighted by Crippen LogP contribution is 2.41. The summed E-state index contributed by atoms with van der Waals surface area (Å²) in [7, 11) is 0. The lowest BCUT2D eigenvalue weighted by molar-refractivity contribution is -0.141. The molecule has 4 amide bonds. The van der Waals surface area contributed by atoms with Gasteiger partial charge >= 0.3 is 6.03 Å². The van der Waals surface area contributed by atoms with Gasteiger partial charge in [0, 0.05) is 12.6 Å². The minimum Gasteiger partial charge on any atom is -0.334 e. The van der Waals surface area contributed by atoms with Crippen molar-refractivity contribution < 1.29 is 18.8 Å². The summed E-state index contributed by atoms with van der Waals surface area (Å²) in [5.74, 6) is -0.926. The number of rotatable bonds is 5. The van der Waals surface area contributed by atoms with E-state index in [9.17, 15) is 18.8 Å². The Morgan fingerprint density at radius 2 is 1.79 bits per heavy atom.